The summed E-state index contributed by atoms with van der Waals surface area (Å²) in [4.78, 5) is 53.1. The molecule has 2 aliphatic rings. The van der Waals surface area contributed by atoms with E-state index >= 15 is 0 Å². The molecule has 4 heterocycles. The third-order valence-corrected chi connectivity index (χ3v) is 7.31. The van der Waals surface area contributed by atoms with Crippen molar-refractivity contribution >= 4 is 67.3 Å². The average molecular weight is 550 g/mol. The number of likely N-dealkylation sites (tertiary alicyclic amines) is 1. The molecule has 4 N–H and O–H groups in total. The number of hydrogen-bond donors (Lipinski definition) is 3. The Balaban J connectivity index is 1.37. The molecule has 12 heteroatoms. The lowest BCUT2D eigenvalue weighted by molar-refractivity contribution is -0.138. The van der Waals surface area contributed by atoms with E-state index in [1.165, 1.54) is 12.4 Å². The molecule has 11 nitrogen and oxygen atoms in total. The van der Waals surface area contributed by atoms with Crippen LogP contribution >= 0.6 is 15.9 Å². The number of anilines is 2. The number of hydrogen-bond acceptors (Lipinski definition) is 7. The Kier molecular flexibility index (Phi) is 5.14. The van der Waals surface area contributed by atoms with Gasteiger partial charge in [-0.15, -0.1) is 0 Å². The van der Waals surface area contributed by atoms with Gasteiger partial charge in [0.05, 0.1) is 16.5 Å². The normalized spacial score (nSPS) is 20.5. The van der Waals surface area contributed by atoms with Crippen molar-refractivity contribution in [3.05, 3.63) is 52.9 Å². The Labute approximate surface area is 212 Å². The summed E-state index contributed by atoms with van der Waals surface area (Å²) >= 11 is 3.29. The molecule has 1 aliphatic carbocycles. The smallest absolute Gasteiger partial charge is 0.337 e. The Morgan fingerprint density at radius 3 is 2.72 bits per heavy atom. The standard InChI is InChI=1S/C24H20BrN7O4/c25-16-5-2-6-17(29-16)30-23(34)15-8-11-7-14(11)32(15)18(33)9-31-20-12(3-1-4-13(20)24(35)36)19-21(26)27-10-28-22(19)31/h1-6,10-11,14-15H,7-9H2,(H,35,36)(H2,26,27,28)(H,29,30,34)/t11-,14?,15+/m1/s1. The molecule has 2 fully saturated rings. The number of para-hydroxylation sites is 1. The number of rotatable bonds is 5. The Morgan fingerprint density at radius 1 is 1.14 bits per heavy atom. The first-order chi connectivity index (χ1) is 17.3. The number of nitrogens with one attached hydrogen (secondary N) is 1. The topological polar surface area (TPSA) is 156 Å². The number of carboxylic acid groups (broad SMARTS) is 1. The molecule has 36 heavy (non-hydrogen) atoms. The Morgan fingerprint density at radius 2 is 1.94 bits per heavy atom. The van der Waals surface area contributed by atoms with Gasteiger partial charge >= 0.3 is 5.97 Å². The van der Waals surface area contributed by atoms with Crippen LogP contribution in [0.4, 0.5) is 11.6 Å². The number of nitrogens with two attached hydrogens (primary N) is 1. The zero-order valence-corrected chi connectivity index (χ0v) is 20.3. The second-order valence-corrected chi connectivity index (χ2v) is 9.81. The van der Waals surface area contributed by atoms with Gasteiger partial charge in [0.15, 0.2) is 0 Å². The van der Waals surface area contributed by atoms with E-state index in [-0.39, 0.29) is 41.7 Å². The largest absolute Gasteiger partial charge is 0.478 e. The van der Waals surface area contributed by atoms with E-state index in [0.717, 1.165) is 6.42 Å². The second kappa shape index (κ2) is 8.26. The van der Waals surface area contributed by atoms with Crippen molar-refractivity contribution in [1.29, 1.82) is 0 Å². The van der Waals surface area contributed by atoms with Gasteiger partial charge in [-0.05, 0) is 52.9 Å². The van der Waals surface area contributed by atoms with Crippen LogP contribution in [0.3, 0.4) is 0 Å². The summed E-state index contributed by atoms with van der Waals surface area (Å²) in [5, 5.41) is 13.7. The van der Waals surface area contributed by atoms with Crippen LogP contribution in [0, 0.1) is 5.92 Å². The first-order valence-electron chi connectivity index (χ1n) is 11.3. The van der Waals surface area contributed by atoms with E-state index in [9.17, 15) is 19.5 Å². The molecule has 1 saturated carbocycles. The Bertz CT molecular complexity index is 1590. The SMILES string of the molecule is Nc1ncnc2c1c1cccc(C(=O)O)c1n2CC(=O)N1C2C[C@@H]2C[C@H]1C(=O)Nc1cccc(Br)n1. The van der Waals surface area contributed by atoms with E-state index in [1.807, 2.05) is 0 Å². The van der Waals surface area contributed by atoms with Gasteiger partial charge in [0.1, 0.15) is 40.8 Å². The van der Waals surface area contributed by atoms with Crippen LogP contribution in [0.25, 0.3) is 21.9 Å². The summed E-state index contributed by atoms with van der Waals surface area (Å²) in [6.45, 7) is -0.192. The summed E-state index contributed by atoms with van der Waals surface area (Å²) in [5.41, 5.74) is 6.85. The number of benzene rings is 1. The van der Waals surface area contributed by atoms with Gasteiger partial charge in [0.25, 0.3) is 0 Å². The average Bonchev–Trinajstić information content (AvgIpc) is 3.38. The molecule has 6 rings (SSSR count). The number of fused-ring (bicyclic) bond motifs is 4. The van der Waals surface area contributed by atoms with Gasteiger partial charge in [-0.1, -0.05) is 18.2 Å². The molecule has 1 aliphatic heterocycles. The monoisotopic (exact) mass is 549 g/mol. The lowest BCUT2D eigenvalue weighted by Crippen LogP contribution is -2.46. The van der Waals surface area contributed by atoms with Crippen LogP contribution in [0.15, 0.2) is 47.3 Å². The number of halogens is 1. The summed E-state index contributed by atoms with van der Waals surface area (Å²) in [6, 6.07) is 9.36. The van der Waals surface area contributed by atoms with Gasteiger partial charge < -0.3 is 25.6 Å². The number of aromatic carboxylic acids is 1. The maximum Gasteiger partial charge on any atom is 0.337 e. The van der Waals surface area contributed by atoms with Crippen molar-refractivity contribution in [3.8, 4) is 0 Å². The molecule has 1 aromatic carbocycles. The second-order valence-electron chi connectivity index (χ2n) is 9.00. The molecule has 4 aromatic rings. The van der Waals surface area contributed by atoms with Gasteiger partial charge in [-0.2, -0.15) is 0 Å². The van der Waals surface area contributed by atoms with E-state index in [0.29, 0.717) is 38.8 Å². The molecular formula is C24H20BrN7O4. The number of carboxylic acids is 1. The quantitative estimate of drug-likeness (QED) is 0.320. The third-order valence-electron chi connectivity index (χ3n) is 6.87. The maximum absolute atomic E-state index is 13.7. The number of carbonyl (C=O) groups excluding carboxylic acids is 2. The van der Waals surface area contributed by atoms with Crippen molar-refractivity contribution in [3.63, 3.8) is 0 Å². The predicted octanol–water partition coefficient (Wildman–Crippen LogP) is 2.65. The molecule has 2 amide bonds. The van der Waals surface area contributed by atoms with Crippen LogP contribution in [0.5, 0.6) is 0 Å². The van der Waals surface area contributed by atoms with Crippen LogP contribution < -0.4 is 11.1 Å². The van der Waals surface area contributed by atoms with Gasteiger partial charge in [0.2, 0.25) is 11.8 Å². The molecule has 3 aromatic heterocycles. The van der Waals surface area contributed by atoms with Crippen molar-refractivity contribution < 1.29 is 19.5 Å². The van der Waals surface area contributed by atoms with Crippen LogP contribution in [0.1, 0.15) is 23.2 Å². The maximum atomic E-state index is 13.7. The molecule has 0 bridgehead atoms. The minimum Gasteiger partial charge on any atom is -0.478 e. The number of piperidine rings is 1. The van der Waals surface area contributed by atoms with Gasteiger partial charge in [-0.25, -0.2) is 19.7 Å². The highest BCUT2D eigenvalue weighted by molar-refractivity contribution is 9.10. The molecule has 0 radical (unpaired) electrons. The lowest BCUT2D eigenvalue weighted by Gasteiger charge is -2.27. The first-order valence-corrected chi connectivity index (χ1v) is 12.1. The van der Waals surface area contributed by atoms with Gasteiger partial charge in [-0.3, -0.25) is 9.59 Å². The van der Waals surface area contributed by atoms with Crippen molar-refractivity contribution in [2.45, 2.75) is 31.5 Å². The third kappa shape index (κ3) is 3.56. The Hall–Kier alpha value is -4.06. The molecule has 3 atom stereocenters. The predicted molar refractivity (Wildman–Crippen MR) is 134 cm³/mol. The van der Waals surface area contributed by atoms with Crippen molar-refractivity contribution in [2.24, 2.45) is 5.92 Å². The zero-order chi connectivity index (χ0) is 25.1. The minimum absolute atomic E-state index is 0.0181. The molecular weight excluding hydrogens is 530 g/mol. The molecule has 0 spiro atoms. The zero-order valence-electron chi connectivity index (χ0n) is 18.8. The molecule has 1 unspecified atom stereocenters. The van der Waals surface area contributed by atoms with Crippen LogP contribution in [-0.2, 0) is 16.1 Å². The highest BCUT2D eigenvalue weighted by Gasteiger charge is 2.56. The fourth-order valence-corrected chi connectivity index (χ4v) is 5.62. The molecule has 1 saturated heterocycles. The highest BCUT2D eigenvalue weighted by Crippen LogP contribution is 2.48. The van der Waals surface area contributed by atoms with Crippen molar-refractivity contribution in [1.82, 2.24) is 24.4 Å². The highest BCUT2D eigenvalue weighted by atomic mass is 79.9. The number of amides is 2. The van der Waals surface area contributed by atoms with Crippen molar-refractivity contribution in [2.75, 3.05) is 11.1 Å². The molecule has 182 valence electrons. The number of carbonyl (C=O) groups is 3. The number of pyridine rings is 1. The number of aromatic nitrogens is 4. The summed E-state index contributed by atoms with van der Waals surface area (Å²) in [7, 11) is 0. The fraction of sp³-hybridized carbons (Fsp3) is 0.250. The van der Waals surface area contributed by atoms with E-state index in [2.05, 4.69) is 36.2 Å². The number of nitrogen functional groups attached to an aromatic ring is 1. The number of nitrogens with zero attached hydrogens (tertiary/aromatic N) is 5. The summed E-state index contributed by atoms with van der Waals surface area (Å²) in [5.74, 6) is -0.875. The van der Waals surface area contributed by atoms with Gasteiger partial charge in [0, 0.05) is 11.4 Å². The summed E-state index contributed by atoms with van der Waals surface area (Å²) in [6.07, 6.45) is 2.69. The van der Waals surface area contributed by atoms with Crippen LogP contribution in [-0.4, -0.2) is 59.4 Å². The summed E-state index contributed by atoms with van der Waals surface area (Å²) < 4.78 is 2.15. The minimum atomic E-state index is -1.13. The van der Waals surface area contributed by atoms with E-state index < -0.39 is 12.0 Å². The lowest BCUT2D eigenvalue weighted by atomic mass is 10.1. The first kappa shape index (κ1) is 22.4. The van der Waals surface area contributed by atoms with E-state index in [4.69, 9.17) is 5.73 Å². The van der Waals surface area contributed by atoms with E-state index in [1.54, 1.807) is 39.8 Å². The van der Waals surface area contributed by atoms with Crippen LogP contribution in [0.2, 0.25) is 0 Å². The fourth-order valence-electron chi connectivity index (χ4n) is 5.27.